The van der Waals surface area contributed by atoms with Gasteiger partial charge in [-0.1, -0.05) is 6.07 Å². The van der Waals surface area contributed by atoms with Crippen LogP contribution >= 0.6 is 0 Å². The maximum absolute atomic E-state index is 11.5. The minimum atomic E-state index is -0.518. The highest BCUT2D eigenvalue weighted by Gasteiger charge is 2.16. The molecule has 1 N–H and O–H groups in total. The van der Waals surface area contributed by atoms with E-state index in [1.165, 1.54) is 13.8 Å². The Hall–Kier alpha value is -2.04. The predicted molar refractivity (Wildman–Crippen MR) is 71.5 cm³/mol. The molecule has 104 valence electrons. The summed E-state index contributed by atoms with van der Waals surface area (Å²) in [5, 5.41) is 2.63. The van der Waals surface area contributed by atoms with Crippen molar-refractivity contribution in [2.45, 2.75) is 26.3 Å². The van der Waals surface area contributed by atoms with E-state index in [0.717, 1.165) is 5.56 Å². The average Bonchev–Trinajstić information content (AvgIpc) is 2.37. The summed E-state index contributed by atoms with van der Waals surface area (Å²) < 4.78 is 10.3. The SMILES string of the molecule is COc1ccc(C[C@@H](NC(C)=O)C(C)=O)cc1OC. The number of nitrogens with one attached hydrogen (secondary N) is 1. The standard InChI is InChI=1S/C14H19NO4/c1-9(16)12(15-10(2)17)7-11-5-6-13(18-3)14(8-11)19-4/h5-6,8,12H,7H2,1-4H3,(H,15,17)/t12-/m1/s1. The molecule has 1 amide bonds. The van der Waals surface area contributed by atoms with Crippen LogP contribution in [-0.2, 0) is 16.0 Å². The molecular formula is C14H19NO4. The first kappa shape index (κ1) is 15.0. The first-order valence-corrected chi connectivity index (χ1v) is 5.96. The zero-order chi connectivity index (χ0) is 14.4. The third-order valence-corrected chi connectivity index (χ3v) is 2.76. The topological polar surface area (TPSA) is 64.6 Å². The summed E-state index contributed by atoms with van der Waals surface area (Å²) in [7, 11) is 3.12. The summed E-state index contributed by atoms with van der Waals surface area (Å²) in [6, 6.07) is 4.91. The number of carbonyl (C=O) groups excluding carboxylic acids is 2. The van der Waals surface area contributed by atoms with Crippen LogP contribution in [-0.4, -0.2) is 32.0 Å². The Morgan fingerprint density at radius 3 is 2.26 bits per heavy atom. The van der Waals surface area contributed by atoms with Crippen LogP contribution in [0.4, 0.5) is 0 Å². The molecule has 0 bridgehead atoms. The molecule has 0 fully saturated rings. The fourth-order valence-corrected chi connectivity index (χ4v) is 1.79. The van der Waals surface area contributed by atoms with Gasteiger partial charge in [-0.25, -0.2) is 0 Å². The van der Waals surface area contributed by atoms with Crippen LogP contribution in [0.5, 0.6) is 11.5 Å². The molecule has 0 aliphatic carbocycles. The second-order valence-corrected chi connectivity index (χ2v) is 4.26. The van der Waals surface area contributed by atoms with E-state index in [-0.39, 0.29) is 11.7 Å². The Bertz CT molecular complexity index is 471. The molecule has 0 saturated heterocycles. The van der Waals surface area contributed by atoms with E-state index in [9.17, 15) is 9.59 Å². The fraction of sp³-hybridized carbons (Fsp3) is 0.429. The quantitative estimate of drug-likeness (QED) is 0.843. The van der Waals surface area contributed by atoms with Crippen LogP contribution in [0.15, 0.2) is 18.2 Å². The maximum Gasteiger partial charge on any atom is 0.217 e. The van der Waals surface area contributed by atoms with E-state index >= 15 is 0 Å². The highest BCUT2D eigenvalue weighted by molar-refractivity contribution is 5.86. The van der Waals surface area contributed by atoms with Crippen molar-refractivity contribution in [2.24, 2.45) is 0 Å². The van der Waals surface area contributed by atoms with Gasteiger partial charge in [0.2, 0.25) is 5.91 Å². The number of carbonyl (C=O) groups is 2. The third kappa shape index (κ3) is 4.28. The second-order valence-electron chi connectivity index (χ2n) is 4.26. The van der Waals surface area contributed by atoms with Crippen molar-refractivity contribution in [2.75, 3.05) is 14.2 Å². The lowest BCUT2D eigenvalue weighted by molar-refractivity contribution is -0.125. The van der Waals surface area contributed by atoms with E-state index in [0.29, 0.717) is 17.9 Å². The molecule has 1 aromatic rings. The molecule has 0 aromatic heterocycles. The molecule has 0 unspecified atom stereocenters. The molecule has 1 rings (SSSR count). The van der Waals surface area contributed by atoms with Crippen molar-refractivity contribution >= 4 is 11.7 Å². The van der Waals surface area contributed by atoms with Gasteiger partial charge in [-0.05, 0) is 31.0 Å². The minimum absolute atomic E-state index is 0.0787. The van der Waals surface area contributed by atoms with Crippen molar-refractivity contribution in [1.82, 2.24) is 5.32 Å². The molecule has 0 aliphatic heterocycles. The molecule has 19 heavy (non-hydrogen) atoms. The molecule has 1 aromatic carbocycles. The van der Waals surface area contributed by atoms with Gasteiger partial charge < -0.3 is 14.8 Å². The fourth-order valence-electron chi connectivity index (χ4n) is 1.79. The smallest absolute Gasteiger partial charge is 0.217 e. The van der Waals surface area contributed by atoms with Gasteiger partial charge in [-0.3, -0.25) is 9.59 Å². The zero-order valence-electron chi connectivity index (χ0n) is 11.6. The average molecular weight is 265 g/mol. The number of hydrogen-bond donors (Lipinski definition) is 1. The monoisotopic (exact) mass is 265 g/mol. The molecule has 0 spiro atoms. The van der Waals surface area contributed by atoms with Gasteiger partial charge in [-0.15, -0.1) is 0 Å². The van der Waals surface area contributed by atoms with Gasteiger partial charge in [0, 0.05) is 6.92 Å². The van der Waals surface area contributed by atoms with E-state index in [1.54, 1.807) is 26.4 Å². The van der Waals surface area contributed by atoms with Gasteiger partial charge in [-0.2, -0.15) is 0 Å². The predicted octanol–water partition coefficient (Wildman–Crippen LogP) is 1.34. The van der Waals surface area contributed by atoms with Gasteiger partial charge >= 0.3 is 0 Å². The molecule has 0 heterocycles. The van der Waals surface area contributed by atoms with Crippen LogP contribution < -0.4 is 14.8 Å². The molecule has 5 heteroatoms. The van der Waals surface area contributed by atoms with E-state index in [1.807, 2.05) is 6.07 Å². The Morgan fingerprint density at radius 1 is 1.16 bits per heavy atom. The minimum Gasteiger partial charge on any atom is -0.493 e. The van der Waals surface area contributed by atoms with E-state index < -0.39 is 6.04 Å². The number of hydrogen-bond acceptors (Lipinski definition) is 4. The maximum atomic E-state index is 11.5. The number of ether oxygens (including phenoxy) is 2. The van der Waals surface area contributed by atoms with Crippen LogP contribution in [0.1, 0.15) is 19.4 Å². The number of amides is 1. The number of ketones is 1. The van der Waals surface area contributed by atoms with Crippen molar-refractivity contribution in [3.05, 3.63) is 23.8 Å². The highest BCUT2D eigenvalue weighted by Crippen LogP contribution is 2.28. The normalized spacial score (nSPS) is 11.6. The van der Waals surface area contributed by atoms with Crippen molar-refractivity contribution in [3.8, 4) is 11.5 Å². The second kappa shape index (κ2) is 6.78. The number of benzene rings is 1. The summed E-state index contributed by atoms with van der Waals surface area (Å²) in [6.07, 6.45) is 0.426. The third-order valence-electron chi connectivity index (χ3n) is 2.76. The van der Waals surface area contributed by atoms with Gasteiger partial charge in [0.15, 0.2) is 17.3 Å². The van der Waals surface area contributed by atoms with Gasteiger partial charge in [0.1, 0.15) is 0 Å². The van der Waals surface area contributed by atoms with Gasteiger partial charge in [0.05, 0.1) is 20.3 Å². The van der Waals surface area contributed by atoms with E-state index in [4.69, 9.17) is 9.47 Å². The molecular weight excluding hydrogens is 246 g/mol. The lowest BCUT2D eigenvalue weighted by Gasteiger charge is -2.16. The van der Waals surface area contributed by atoms with Crippen LogP contribution in [0, 0.1) is 0 Å². The Labute approximate surface area is 112 Å². The Kier molecular flexibility index (Phi) is 5.36. The van der Waals surface area contributed by atoms with Crippen LogP contribution in [0.2, 0.25) is 0 Å². The summed E-state index contributed by atoms with van der Waals surface area (Å²) in [6.45, 7) is 2.85. The Morgan fingerprint density at radius 2 is 1.79 bits per heavy atom. The molecule has 0 radical (unpaired) electrons. The molecule has 0 aliphatic rings. The van der Waals surface area contributed by atoms with Crippen molar-refractivity contribution in [3.63, 3.8) is 0 Å². The van der Waals surface area contributed by atoms with E-state index in [2.05, 4.69) is 5.32 Å². The molecule has 0 saturated carbocycles. The lowest BCUT2D eigenvalue weighted by Crippen LogP contribution is -2.40. The molecule has 5 nitrogen and oxygen atoms in total. The van der Waals surface area contributed by atoms with Crippen LogP contribution in [0.3, 0.4) is 0 Å². The van der Waals surface area contributed by atoms with Crippen molar-refractivity contribution in [1.29, 1.82) is 0 Å². The summed E-state index contributed by atoms with van der Waals surface area (Å²) in [5.74, 6) is 0.931. The summed E-state index contributed by atoms with van der Waals surface area (Å²) >= 11 is 0. The lowest BCUT2D eigenvalue weighted by atomic mass is 10.0. The summed E-state index contributed by atoms with van der Waals surface area (Å²) in [5.41, 5.74) is 0.895. The number of methoxy groups -OCH3 is 2. The highest BCUT2D eigenvalue weighted by atomic mass is 16.5. The summed E-state index contributed by atoms with van der Waals surface area (Å²) in [4.78, 5) is 22.6. The first-order valence-electron chi connectivity index (χ1n) is 5.96. The largest absolute Gasteiger partial charge is 0.493 e. The van der Waals surface area contributed by atoms with Crippen molar-refractivity contribution < 1.29 is 19.1 Å². The Balaban J connectivity index is 2.90. The number of Topliss-reactive ketones (excluding diaryl/α,β-unsaturated/α-hetero) is 1. The number of rotatable bonds is 6. The zero-order valence-corrected chi connectivity index (χ0v) is 11.6. The first-order chi connectivity index (χ1) is 8.97. The van der Waals surface area contributed by atoms with Gasteiger partial charge in [0.25, 0.3) is 0 Å². The molecule has 1 atom stereocenters. The van der Waals surface area contributed by atoms with Crippen LogP contribution in [0.25, 0.3) is 0 Å².